The third-order valence-electron chi connectivity index (χ3n) is 3.42. The summed E-state index contributed by atoms with van der Waals surface area (Å²) in [5.74, 6) is -1.21. The van der Waals surface area contributed by atoms with Crippen LogP contribution in [0.15, 0.2) is 17.1 Å². The Morgan fingerprint density at radius 1 is 1.68 bits per heavy atom. The number of carboxylic acid groups (broad SMARTS) is 1. The van der Waals surface area contributed by atoms with E-state index in [0.717, 1.165) is 0 Å². The van der Waals surface area contributed by atoms with E-state index < -0.39 is 29.8 Å². The summed E-state index contributed by atoms with van der Waals surface area (Å²) in [5.41, 5.74) is -1.69. The first-order chi connectivity index (χ1) is 8.98. The maximum absolute atomic E-state index is 13.0. The number of carboxylic acids is 1. The Morgan fingerprint density at radius 2 is 2.42 bits per heavy atom. The largest absolute Gasteiger partial charge is 0.481 e. The van der Waals surface area contributed by atoms with Gasteiger partial charge >= 0.3 is 5.97 Å². The lowest BCUT2D eigenvalue weighted by atomic mass is 9.89. The van der Waals surface area contributed by atoms with Crippen LogP contribution in [0.4, 0.5) is 4.39 Å². The van der Waals surface area contributed by atoms with Crippen LogP contribution in [0.5, 0.6) is 0 Å². The average molecular weight is 271 g/mol. The van der Waals surface area contributed by atoms with Crippen LogP contribution in [0.1, 0.15) is 18.2 Å². The Balaban J connectivity index is 2.17. The van der Waals surface area contributed by atoms with Crippen LogP contribution in [-0.2, 0) is 4.79 Å². The number of nitrogens with one attached hydrogen (secondary N) is 1. The Bertz CT molecular complexity index is 535. The zero-order valence-electron chi connectivity index (χ0n) is 10.0. The van der Waals surface area contributed by atoms with E-state index >= 15 is 0 Å². The fourth-order valence-electron chi connectivity index (χ4n) is 2.20. The zero-order valence-corrected chi connectivity index (χ0v) is 10.0. The van der Waals surface area contributed by atoms with Gasteiger partial charge in [-0.1, -0.05) is 0 Å². The number of alkyl halides is 1. The Kier molecular flexibility index (Phi) is 3.63. The van der Waals surface area contributed by atoms with Crippen molar-refractivity contribution in [3.05, 3.63) is 28.2 Å². The Morgan fingerprint density at radius 3 is 2.95 bits per heavy atom. The Labute approximate surface area is 107 Å². The number of rotatable bonds is 4. The number of aliphatic hydroxyl groups excluding tert-OH is 1. The van der Waals surface area contributed by atoms with Gasteiger partial charge in [0.25, 0.3) is 5.56 Å². The molecule has 0 amide bonds. The van der Waals surface area contributed by atoms with Gasteiger partial charge in [-0.2, -0.15) is 5.10 Å². The summed E-state index contributed by atoms with van der Waals surface area (Å²) in [6.07, 6.45) is 0.233. The van der Waals surface area contributed by atoms with E-state index in [4.69, 9.17) is 5.11 Å². The molecule has 104 valence electrons. The van der Waals surface area contributed by atoms with Crippen molar-refractivity contribution in [3.8, 4) is 0 Å². The lowest BCUT2D eigenvalue weighted by Crippen LogP contribution is -2.37. The van der Waals surface area contributed by atoms with Gasteiger partial charge < -0.3 is 10.2 Å². The van der Waals surface area contributed by atoms with Gasteiger partial charge in [-0.15, -0.1) is 0 Å². The van der Waals surface area contributed by atoms with Crippen molar-refractivity contribution >= 4 is 5.97 Å². The standard InChI is InChI=1S/C11H14FN3O4/c12-5-11(10(18)19)1-2-15(6-11)9(17)7-3-8(16)14-13-4-7/h3-4,9,17H,1-2,5-6H2,(H,14,16)(H,18,19)/t9?,11-/m0/s1. The van der Waals surface area contributed by atoms with Crippen LogP contribution in [-0.4, -0.2) is 51.0 Å². The molecule has 7 nitrogen and oxygen atoms in total. The highest BCUT2D eigenvalue weighted by Gasteiger charge is 2.46. The monoisotopic (exact) mass is 271 g/mol. The smallest absolute Gasteiger partial charge is 0.313 e. The number of aromatic amines is 1. The first-order valence-corrected chi connectivity index (χ1v) is 5.75. The van der Waals surface area contributed by atoms with Gasteiger partial charge in [0.15, 0.2) is 0 Å². The number of aliphatic carboxylic acids is 1. The number of hydrogen-bond acceptors (Lipinski definition) is 5. The second kappa shape index (κ2) is 5.06. The highest BCUT2D eigenvalue weighted by Crippen LogP contribution is 2.35. The quantitative estimate of drug-likeness (QED) is 0.682. The molecule has 0 radical (unpaired) electrons. The van der Waals surface area contributed by atoms with Gasteiger partial charge in [-0.05, 0) is 6.42 Å². The number of hydrogen-bond donors (Lipinski definition) is 3. The molecule has 2 rings (SSSR count). The predicted molar refractivity (Wildman–Crippen MR) is 62.1 cm³/mol. The first kappa shape index (κ1) is 13.6. The molecule has 1 aromatic rings. The van der Waals surface area contributed by atoms with Crippen molar-refractivity contribution < 1.29 is 19.4 Å². The van der Waals surface area contributed by atoms with Crippen LogP contribution in [0, 0.1) is 5.41 Å². The molecule has 1 aliphatic rings. The molecule has 0 aliphatic carbocycles. The normalized spacial score (nSPS) is 25.4. The second-order valence-electron chi connectivity index (χ2n) is 4.69. The van der Waals surface area contributed by atoms with E-state index in [0.29, 0.717) is 0 Å². The number of nitrogens with zero attached hydrogens (tertiary/aromatic N) is 2. The maximum atomic E-state index is 13.0. The number of aromatic nitrogens is 2. The zero-order chi connectivity index (χ0) is 14.0. The minimum absolute atomic E-state index is 0.104. The average Bonchev–Trinajstić information content (AvgIpc) is 2.83. The number of aliphatic hydroxyl groups is 1. The molecule has 1 aromatic heterocycles. The SMILES string of the molecule is O=C(O)[C@]1(CF)CCN(C(O)c2cn[nH]c(=O)c2)C1. The predicted octanol–water partition coefficient (Wildman–Crippen LogP) is -0.493. The first-order valence-electron chi connectivity index (χ1n) is 5.75. The van der Waals surface area contributed by atoms with Crippen molar-refractivity contribution in [1.29, 1.82) is 0 Å². The molecule has 0 saturated carbocycles. The lowest BCUT2D eigenvalue weighted by Gasteiger charge is -2.25. The summed E-state index contributed by atoms with van der Waals surface area (Å²) in [6.45, 7) is -0.851. The fourth-order valence-corrected chi connectivity index (χ4v) is 2.20. The molecule has 0 bridgehead atoms. The highest BCUT2D eigenvalue weighted by atomic mass is 19.1. The van der Waals surface area contributed by atoms with Crippen molar-refractivity contribution in [2.24, 2.45) is 5.41 Å². The molecule has 0 aromatic carbocycles. The van der Waals surface area contributed by atoms with Crippen LogP contribution in [0.2, 0.25) is 0 Å². The van der Waals surface area contributed by atoms with Gasteiger partial charge in [0.1, 0.15) is 18.3 Å². The summed E-state index contributed by atoms with van der Waals surface area (Å²) in [7, 11) is 0. The molecule has 1 fully saturated rings. The van der Waals surface area contributed by atoms with E-state index in [9.17, 15) is 19.1 Å². The van der Waals surface area contributed by atoms with Gasteiger partial charge in [0, 0.05) is 24.7 Å². The minimum Gasteiger partial charge on any atom is -0.481 e. The van der Waals surface area contributed by atoms with E-state index in [1.54, 1.807) is 0 Å². The summed E-state index contributed by atoms with van der Waals surface area (Å²) in [6, 6.07) is 1.17. The highest BCUT2D eigenvalue weighted by molar-refractivity contribution is 5.75. The summed E-state index contributed by atoms with van der Waals surface area (Å²) in [5, 5.41) is 24.9. The van der Waals surface area contributed by atoms with Crippen LogP contribution in [0.25, 0.3) is 0 Å². The fraction of sp³-hybridized carbons (Fsp3) is 0.545. The van der Waals surface area contributed by atoms with Crippen LogP contribution in [0.3, 0.4) is 0 Å². The second-order valence-corrected chi connectivity index (χ2v) is 4.69. The summed E-state index contributed by atoms with van der Waals surface area (Å²) >= 11 is 0. The molecular weight excluding hydrogens is 257 g/mol. The Hall–Kier alpha value is -1.80. The van der Waals surface area contributed by atoms with Crippen LogP contribution >= 0.6 is 0 Å². The van der Waals surface area contributed by atoms with E-state index in [2.05, 4.69) is 10.2 Å². The topological polar surface area (TPSA) is 107 Å². The van der Waals surface area contributed by atoms with E-state index in [-0.39, 0.29) is 25.1 Å². The van der Waals surface area contributed by atoms with E-state index in [1.807, 2.05) is 0 Å². The number of likely N-dealkylation sites (tertiary alicyclic amines) is 1. The third kappa shape index (κ3) is 2.49. The van der Waals surface area contributed by atoms with Gasteiger partial charge in [-0.25, -0.2) is 9.49 Å². The van der Waals surface area contributed by atoms with Gasteiger partial charge in [0.2, 0.25) is 0 Å². The van der Waals surface area contributed by atoms with Crippen molar-refractivity contribution in [2.45, 2.75) is 12.6 Å². The molecule has 1 aliphatic heterocycles. The molecule has 1 saturated heterocycles. The molecular formula is C11H14FN3O4. The number of carbonyl (C=O) groups is 1. The van der Waals surface area contributed by atoms with Crippen molar-refractivity contribution in [1.82, 2.24) is 15.1 Å². The summed E-state index contributed by atoms with van der Waals surface area (Å²) < 4.78 is 13.0. The summed E-state index contributed by atoms with van der Waals surface area (Å²) in [4.78, 5) is 23.6. The lowest BCUT2D eigenvalue weighted by molar-refractivity contribution is -0.149. The number of H-pyrrole nitrogens is 1. The third-order valence-corrected chi connectivity index (χ3v) is 3.42. The van der Waals surface area contributed by atoms with Crippen molar-refractivity contribution in [3.63, 3.8) is 0 Å². The van der Waals surface area contributed by atoms with Crippen LogP contribution < -0.4 is 5.56 Å². The van der Waals surface area contributed by atoms with Crippen molar-refractivity contribution in [2.75, 3.05) is 19.8 Å². The molecule has 8 heteroatoms. The maximum Gasteiger partial charge on any atom is 0.313 e. The minimum atomic E-state index is -1.48. The molecule has 0 spiro atoms. The molecule has 2 atom stereocenters. The van der Waals surface area contributed by atoms with Gasteiger partial charge in [0.05, 0.1) is 6.20 Å². The van der Waals surface area contributed by atoms with Gasteiger partial charge in [-0.3, -0.25) is 14.5 Å². The molecule has 3 N–H and O–H groups in total. The molecule has 19 heavy (non-hydrogen) atoms. The van der Waals surface area contributed by atoms with E-state index in [1.165, 1.54) is 17.2 Å². The molecule has 2 heterocycles. The molecule has 1 unspecified atom stereocenters. The number of halogens is 1.